The fourth-order valence-corrected chi connectivity index (χ4v) is 1.03. The lowest BCUT2D eigenvalue weighted by atomic mass is 10.1. The minimum Gasteiger partial charge on any atom is -0.0985 e. The summed E-state index contributed by atoms with van der Waals surface area (Å²) in [6.45, 7) is 10.0. The Bertz CT molecular complexity index is 267. The van der Waals surface area contributed by atoms with Gasteiger partial charge in [-0.05, 0) is 18.1 Å². The summed E-state index contributed by atoms with van der Waals surface area (Å²) in [6, 6.07) is 10.2. The summed E-state index contributed by atoms with van der Waals surface area (Å²) < 4.78 is 0. The van der Waals surface area contributed by atoms with Gasteiger partial charge in [0, 0.05) is 0 Å². The molecule has 0 saturated heterocycles. The molecule has 0 fully saturated rings. The SMILES string of the molecule is C=C/C(=C\C)c1ccccc1.CCC. The largest absolute Gasteiger partial charge is 0.0985 e. The Morgan fingerprint density at radius 3 is 2.07 bits per heavy atom. The zero-order chi connectivity index (χ0) is 10.8. The summed E-state index contributed by atoms with van der Waals surface area (Å²) in [5.74, 6) is 0. The Morgan fingerprint density at radius 1 is 1.21 bits per heavy atom. The molecule has 0 unspecified atom stereocenters. The average Bonchev–Trinajstić information content (AvgIpc) is 2.22. The van der Waals surface area contributed by atoms with E-state index < -0.39 is 0 Å². The molecule has 1 rings (SSSR count). The highest BCUT2D eigenvalue weighted by Crippen LogP contribution is 2.13. The Balaban J connectivity index is 0.000000500. The van der Waals surface area contributed by atoms with Gasteiger partial charge in [-0.2, -0.15) is 0 Å². The number of hydrogen-bond donors (Lipinski definition) is 0. The third-order valence-electron chi connectivity index (χ3n) is 1.64. The molecule has 0 spiro atoms. The van der Waals surface area contributed by atoms with E-state index in [2.05, 4.69) is 38.6 Å². The van der Waals surface area contributed by atoms with Crippen LogP contribution < -0.4 is 0 Å². The molecule has 0 bridgehead atoms. The molecule has 0 aromatic heterocycles. The molecule has 0 N–H and O–H groups in total. The zero-order valence-corrected chi connectivity index (χ0v) is 9.46. The summed E-state index contributed by atoms with van der Waals surface area (Å²) >= 11 is 0. The molecule has 0 heteroatoms. The molecule has 0 aliphatic heterocycles. The van der Waals surface area contributed by atoms with Crippen LogP contribution in [-0.4, -0.2) is 0 Å². The van der Waals surface area contributed by atoms with E-state index in [0.717, 1.165) is 0 Å². The maximum atomic E-state index is 3.74. The van der Waals surface area contributed by atoms with Gasteiger partial charge in [0.15, 0.2) is 0 Å². The van der Waals surface area contributed by atoms with E-state index in [4.69, 9.17) is 0 Å². The molecule has 0 atom stereocenters. The van der Waals surface area contributed by atoms with Gasteiger partial charge in [0.05, 0.1) is 0 Å². The molecule has 76 valence electrons. The van der Waals surface area contributed by atoms with Crippen LogP contribution in [0.15, 0.2) is 49.1 Å². The summed E-state index contributed by atoms with van der Waals surface area (Å²) in [6.07, 6.45) is 5.18. The number of hydrogen-bond acceptors (Lipinski definition) is 0. The number of rotatable bonds is 2. The monoisotopic (exact) mass is 188 g/mol. The van der Waals surface area contributed by atoms with Crippen LogP contribution >= 0.6 is 0 Å². The van der Waals surface area contributed by atoms with Crippen molar-refractivity contribution in [2.75, 3.05) is 0 Å². The molecule has 14 heavy (non-hydrogen) atoms. The normalized spacial score (nSPS) is 10.1. The molecule has 0 nitrogen and oxygen atoms in total. The minimum atomic E-state index is 1.19. The third kappa shape index (κ3) is 4.66. The van der Waals surface area contributed by atoms with Crippen LogP contribution in [0, 0.1) is 0 Å². The smallest absolute Gasteiger partial charge is 0.0188 e. The van der Waals surface area contributed by atoms with Gasteiger partial charge in [-0.3, -0.25) is 0 Å². The molecule has 0 heterocycles. The predicted octanol–water partition coefficient (Wildman–Crippen LogP) is 4.69. The van der Waals surface area contributed by atoms with Crippen LogP contribution in [-0.2, 0) is 0 Å². The highest BCUT2D eigenvalue weighted by molar-refractivity contribution is 5.72. The Kier molecular flexibility index (Phi) is 7.53. The first-order valence-electron chi connectivity index (χ1n) is 5.14. The first-order valence-corrected chi connectivity index (χ1v) is 5.14. The van der Waals surface area contributed by atoms with Crippen LogP contribution in [0.2, 0.25) is 0 Å². The van der Waals surface area contributed by atoms with Crippen molar-refractivity contribution in [2.24, 2.45) is 0 Å². The molecule has 0 saturated carbocycles. The Morgan fingerprint density at radius 2 is 1.71 bits per heavy atom. The van der Waals surface area contributed by atoms with Crippen LogP contribution in [0.3, 0.4) is 0 Å². The molecular weight excluding hydrogens is 168 g/mol. The van der Waals surface area contributed by atoms with Gasteiger partial charge in [-0.1, -0.05) is 69.3 Å². The quantitative estimate of drug-likeness (QED) is 0.590. The summed E-state index contributed by atoms with van der Waals surface area (Å²) in [7, 11) is 0. The predicted molar refractivity (Wildman–Crippen MR) is 66.3 cm³/mol. The van der Waals surface area contributed by atoms with Gasteiger partial charge in [-0.15, -0.1) is 0 Å². The number of benzene rings is 1. The molecule has 1 aromatic rings. The van der Waals surface area contributed by atoms with Crippen molar-refractivity contribution >= 4 is 5.57 Å². The van der Waals surface area contributed by atoms with Crippen molar-refractivity contribution in [3.8, 4) is 0 Å². The van der Waals surface area contributed by atoms with Crippen LogP contribution in [0.25, 0.3) is 5.57 Å². The summed E-state index contributed by atoms with van der Waals surface area (Å²) in [5.41, 5.74) is 2.41. The second kappa shape index (κ2) is 8.31. The van der Waals surface area contributed by atoms with E-state index in [1.807, 2.05) is 31.2 Å². The maximum Gasteiger partial charge on any atom is -0.0188 e. The van der Waals surface area contributed by atoms with Gasteiger partial charge < -0.3 is 0 Å². The van der Waals surface area contributed by atoms with Crippen molar-refractivity contribution in [3.63, 3.8) is 0 Å². The van der Waals surface area contributed by atoms with E-state index in [9.17, 15) is 0 Å². The standard InChI is InChI=1S/C11H12.C3H8/c1-3-10(4-2)11-8-6-5-7-9-11;1-3-2/h3-9H,1H2,2H3;3H2,1-2H3/b10-4+;. The summed E-state index contributed by atoms with van der Waals surface area (Å²) in [5, 5.41) is 0. The average molecular weight is 188 g/mol. The third-order valence-corrected chi connectivity index (χ3v) is 1.64. The fraction of sp³-hybridized carbons (Fsp3) is 0.286. The maximum absolute atomic E-state index is 3.74. The van der Waals surface area contributed by atoms with Gasteiger partial charge in [-0.25, -0.2) is 0 Å². The van der Waals surface area contributed by atoms with Gasteiger partial charge in [0.1, 0.15) is 0 Å². The lowest BCUT2D eigenvalue weighted by Gasteiger charge is -1.98. The second-order valence-electron chi connectivity index (χ2n) is 3.02. The van der Waals surface area contributed by atoms with E-state index in [1.54, 1.807) is 0 Å². The first-order chi connectivity index (χ1) is 6.79. The van der Waals surface area contributed by atoms with E-state index in [-0.39, 0.29) is 0 Å². The Labute approximate surface area is 88.0 Å². The van der Waals surface area contributed by atoms with Crippen LogP contribution in [0.1, 0.15) is 32.8 Å². The van der Waals surface area contributed by atoms with E-state index >= 15 is 0 Å². The first kappa shape index (κ1) is 12.7. The van der Waals surface area contributed by atoms with Crippen molar-refractivity contribution in [1.82, 2.24) is 0 Å². The van der Waals surface area contributed by atoms with Crippen molar-refractivity contribution in [2.45, 2.75) is 27.2 Å². The lowest BCUT2D eigenvalue weighted by Crippen LogP contribution is -1.76. The van der Waals surface area contributed by atoms with Crippen molar-refractivity contribution in [1.29, 1.82) is 0 Å². The molecule has 1 aromatic carbocycles. The molecule has 0 aliphatic rings. The Hall–Kier alpha value is -1.30. The topological polar surface area (TPSA) is 0 Å². The fourth-order valence-electron chi connectivity index (χ4n) is 1.03. The molecule has 0 radical (unpaired) electrons. The highest BCUT2D eigenvalue weighted by Gasteiger charge is 1.91. The van der Waals surface area contributed by atoms with E-state index in [0.29, 0.717) is 0 Å². The van der Waals surface area contributed by atoms with Crippen LogP contribution in [0.5, 0.6) is 0 Å². The molecular formula is C14H20. The van der Waals surface area contributed by atoms with Gasteiger partial charge in [0.25, 0.3) is 0 Å². The second-order valence-corrected chi connectivity index (χ2v) is 3.02. The summed E-state index contributed by atoms with van der Waals surface area (Å²) in [4.78, 5) is 0. The van der Waals surface area contributed by atoms with Crippen molar-refractivity contribution in [3.05, 3.63) is 54.6 Å². The lowest BCUT2D eigenvalue weighted by molar-refractivity contribution is 1.09. The van der Waals surface area contributed by atoms with Crippen molar-refractivity contribution < 1.29 is 0 Å². The zero-order valence-electron chi connectivity index (χ0n) is 9.46. The van der Waals surface area contributed by atoms with Gasteiger partial charge >= 0.3 is 0 Å². The highest BCUT2D eigenvalue weighted by atomic mass is 14.0. The van der Waals surface area contributed by atoms with Gasteiger partial charge in [0.2, 0.25) is 0 Å². The minimum absolute atomic E-state index is 1.19. The van der Waals surface area contributed by atoms with E-state index in [1.165, 1.54) is 17.6 Å². The molecule has 0 aliphatic carbocycles. The number of allylic oxidation sites excluding steroid dienone is 3. The molecule has 0 amide bonds. The van der Waals surface area contributed by atoms with Crippen LogP contribution in [0.4, 0.5) is 0 Å².